The molecule has 1 atom stereocenters. The van der Waals surface area contributed by atoms with Crippen molar-refractivity contribution < 1.29 is 55.7 Å². The maximum atomic E-state index is 12.4. The van der Waals surface area contributed by atoms with Gasteiger partial charge in [-0.2, -0.15) is 36.5 Å². The molecule has 4 aromatic heterocycles. The third-order valence-electron chi connectivity index (χ3n) is 7.25. The fourth-order valence-electron chi connectivity index (χ4n) is 4.72. The number of nitrogen functional groups attached to an aromatic ring is 1. The summed E-state index contributed by atoms with van der Waals surface area (Å²) < 4.78 is 73.2. The third kappa shape index (κ3) is 9.70. The van der Waals surface area contributed by atoms with Crippen molar-refractivity contribution in [1.29, 1.82) is 0 Å². The molecule has 54 heavy (non-hydrogen) atoms. The van der Waals surface area contributed by atoms with E-state index in [1.54, 1.807) is 35.7 Å². The number of aryl methyl sites for hydroxylation is 1. The lowest BCUT2D eigenvalue weighted by Crippen LogP contribution is -2.22. The molecule has 0 saturated heterocycles. The van der Waals surface area contributed by atoms with Crippen LogP contribution in [-0.2, 0) is 16.6 Å². The Bertz CT molecular complexity index is 2130. The number of aliphatic carboxylic acids is 2. The number of carboxylic acids is 2. The highest BCUT2D eigenvalue weighted by atomic mass is 35.5. The van der Waals surface area contributed by atoms with Crippen molar-refractivity contribution in [2.75, 3.05) is 26.4 Å². The first-order valence-electron chi connectivity index (χ1n) is 15.2. The smallest absolute Gasteiger partial charge is 0.490 e. The fraction of sp³-hybridized carbons (Fsp3) is 0.312. The zero-order chi connectivity index (χ0) is 40.9. The predicted molar refractivity (Wildman–Crippen MR) is 182 cm³/mol. The lowest BCUT2D eigenvalue weighted by atomic mass is 9.94. The lowest BCUT2D eigenvalue weighted by molar-refractivity contribution is -0.193. The number of halogens is 7. The van der Waals surface area contributed by atoms with Gasteiger partial charge in [-0.3, -0.25) is 14.5 Å². The van der Waals surface area contributed by atoms with Gasteiger partial charge in [-0.25, -0.2) is 24.2 Å². The van der Waals surface area contributed by atoms with Crippen molar-refractivity contribution in [3.05, 3.63) is 64.8 Å². The number of aromatic nitrogens is 7. The number of amides is 1. The molecule has 290 valence electrons. The molecule has 15 nitrogen and oxygen atoms in total. The Balaban J connectivity index is 0.000000476. The van der Waals surface area contributed by atoms with Gasteiger partial charge in [-0.15, -0.1) is 0 Å². The Morgan fingerprint density at radius 2 is 1.59 bits per heavy atom. The first kappa shape index (κ1) is 42.4. The molecule has 0 radical (unpaired) electrons. The molecule has 0 fully saturated rings. The summed E-state index contributed by atoms with van der Waals surface area (Å²) in [5, 5.41) is 24.9. The molecule has 0 aliphatic rings. The fourth-order valence-corrected chi connectivity index (χ4v) is 4.93. The summed E-state index contributed by atoms with van der Waals surface area (Å²) in [6.07, 6.45) is -5.24. The van der Waals surface area contributed by atoms with Crippen LogP contribution in [0.1, 0.15) is 41.5 Å². The molecule has 0 bridgehead atoms. The molecule has 0 aliphatic carbocycles. The van der Waals surface area contributed by atoms with Crippen LogP contribution in [0.4, 0.5) is 32.2 Å². The summed E-state index contributed by atoms with van der Waals surface area (Å²) in [4.78, 5) is 44.8. The number of hydrogen-bond acceptors (Lipinski definition) is 10. The summed E-state index contributed by atoms with van der Waals surface area (Å²) in [5.74, 6) is -4.73. The van der Waals surface area contributed by atoms with Crippen LogP contribution in [0.5, 0.6) is 5.75 Å². The van der Waals surface area contributed by atoms with E-state index in [4.69, 9.17) is 47.0 Å². The molecule has 0 spiro atoms. The molecule has 22 heteroatoms. The van der Waals surface area contributed by atoms with Crippen molar-refractivity contribution in [3.63, 3.8) is 0 Å². The van der Waals surface area contributed by atoms with Gasteiger partial charge in [0, 0.05) is 55.2 Å². The number of nitrogens with two attached hydrogens (primary N) is 1. The number of ether oxygens (including phenoxy) is 1. The molecule has 5 aromatic rings. The third-order valence-corrected chi connectivity index (χ3v) is 7.64. The molecule has 1 unspecified atom stereocenters. The van der Waals surface area contributed by atoms with Gasteiger partial charge >= 0.3 is 24.3 Å². The average molecular weight is 788 g/mol. The van der Waals surface area contributed by atoms with Gasteiger partial charge in [0.2, 0.25) is 0 Å². The molecule has 0 saturated carbocycles. The van der Waals surface area contributed by atoms with Crippen LogP contribution >= 0.6 is 11.6 Å². The van der Waals surface area contributed by atoms with Crippen molar-refractivity contribution >= 4 is 46.3 Å². The lowest BCUT2D eigenvalue weighted by Gasteiger charge is -2.23. The Morgan fingerprint density at radius 3 is 2.06 bits per heavy atom. The number of fused-ring (bicyclic) bond motifs is 1. The number of pyridine rings is 1. The number of carboxylic acid groups (broad SMARTS) is 2. The van der Waals surface area contributed by atoms with Gasteiger partial charge in [0.05, 0.1) is 18.0 Å². The average Bonchev–Trinajstić information content (AvgIpc) is 3.70. The van der Waals surface area contributed by atoms with Crippen LogP contribution in [0, 0.1) is 6.92 Å². The predicted octanol–water partition coefficient (Wildman–Crippen LogP) is 5.81. The zero-order valence-electron chi connectivity index (χ0n) is 29.2. The number of nitrogens with zero attached hydrogens (tertiary/aromatic N) is 8. The first-order valence-corrected chi connectivity index (χ1v) is 15.6. The minimum Gasteiger partial charge on any atom is -0.493 e. The van der Waals surface area contributed by atoms with E-state index in [9.17, 15) is 31.1 Å². The second kappa shape index (κ2) is 16.8. The molecule has 1 aromatic carbocycles. The number of hydrogen-bond donors (Lipinski definition) is 3. The van der Waals surface area contributed by atoms with E-state index in [0.717, 1.165) is 22.3 Å². The summed E-state index contributed by atoms with van der Waals surface area (Å²) in [6.45, 7) is 6.28. The Hall–Kier alpha value is -5.99. The van der Waals surface area contributed by atoms with E-state index in [0.29, 0.717) is 51.3 Å². The van der Waals surface area contributed by atoms with Gasteiger partial charge in [-0.1, -0.05) is 17.7 Å². The second-order valence-electron chi connectivity index (χ2n) is 11.2. The van der Waals surface area contributed by atoms with E-state index in [1.165, 1.54) is 11.2 Å². The SMILES string of the molecule is CCOc1c(C(C)n2nc(-c3ccn(C)n3)c3c(N)ncnc32)cc(Cl)c(C)c1-c1ccc(C(=O)N(C)C)nc1.O=C(O)C(F)(F)F.O=C(O)C(F)(F)F. The van der Waals surface area contributed by atoms with Crippen LogP contribution < -0.4 is 10.5 Å². The summed E-state index contributed by atoms with van der Waals surface area (Å²) in [5.41, 5.74) is 11.7. The van der Waals surface area contributed by atoms with Crippen LogP contribution in [-0.4, -0.2) is 101 Å². The second-order valence-corrected chi connectivity index (χ2v) is 11.7. The van der Waals surface area contributed by atoms with Gasteiger partial charge in [0.15, 0.2) is 5.65 Å². The number of alkyl halides is 6. The van der Waals surface area contributed by atoms with Crippen LogP contribution in [0.25, 0.3) is 33.5 Å². The highest BCUT2D eigenvalue weighted by molar-refractivity contribution is 6.32. The first-order chi connectivity index (χ1) is 25.0. The number of carbonyl (C=O) groups excluding carboxylic acids is 1. The standard InChI is InChI=1S/C28H30ClN9O2.2C2HF3O2/c1-7-40-25-18(12-19(29)15(2)22(25)17-8-9-21(31-13-17)28(39)36(4)5)16(3)38-27-23(26(30)32-14-33-27)24(35-38)20-10-11-37(6)34-20;2*3-2(4,5)1(6)7/h8-14,16H,7H2,1-6H3,(H2,30,32,33);2*(H,6,7). The summed E-state index contributed by atoms with van der Waals surface area (Å²) in [7, 11) is 5.22. The highest BCUT2D eigenvalue weighted by Crippen LogP contribution is 2.44. The topological polar surface area (TPSA) is 204 Å². The Morgan fingerprint density at radius 1 is 1.00 bits per heavy atom. The van der Waals surface area contributed by atoms with Gasteiger partial charge in [0.25, 0.3) is 5.91 Å². The monoisotopic (exact) mass is 787 g/mol. The molecule has 4 heterocycles. The van der Waals surface area contributed by atoms with Gasteiger partial charge in [0.1, 0.15) is 35.0 Å². The number of rotatable bonds is 7. The van der Waals surface area contributed by atoms with E-state index >= 15 is 0 Å². The Labute approximate surface area is 306 Å². The van der Waals surface area contributed by atoms with Crippen LogP contribution in [0.15, 0.2) is 43.0 Å². The van der Waals surface area contributed by atoms with Crippen LogP contribution in [0.2, 0.25) is 5.02 Å². The minimum atomic E-state index is -5.08. The molecule has 0 aliphatic heterocycles. The molecular weight excluding hydrogens is 756 g/mol. The van der Waals surface area contributed by atoms with E-state index in [1.807, 2.05) is 52.2 Å². The van der Waals surface area contributed by atoms with Gasteiger partial charge in [-0.05, 0) is 44.5 Å². The number of carbonyl (C=O) groups is 3. The molecule has 4 N–H and O–H groups in total. The number of anilines is 1. The van der Waals surface area contributed by atoms with Crippen molar-refractivity contribution in [1.82, 2.24) is 39.4 Å². The van der Waals surface area contributed by atoms with Crippen LogP contribution in [0.3, 0.4) is 0 Å². The molecule has 5 rings (SSSR count). The quantitative estimate of drug-likeness (QED) is 0.167. The zero-order valence-corrected chi connectivity index (χ0v) is 29.9. The maximum Gasteiger partial charge on any atom is 0.490 e. The molecular formula is C32H32ClF6N9O6. The maximum absolute atomic E-state index is 12.4. The normalized spacial score (nSPS) is 11.9. The minimum absolute atomic E-state index is 0.177. The molecule has 1 amide bonds. The van der Waals surface area contributed by atoms with E-state index < -0.39 is 24.3 Å². The number of benzene rings is 1. The summed E-state index contributed by atoms with van der Waals surface area (Å²) >= 11 is 6.82. The van der Waals surface area contributed by atoms with E-state index in [2.05, 4.69) is 20.1 Å². The largest absolute Gasteiger partial charge is 0.493 e. The van der Waals surface area contributed by atoms with Crippen molar-refractivity contribution in [3.8, 4) is 28.3 Å². The Kier molecular flexibility index (Phi) is 13.2. The summed E-state index contributed by atoms with van der Waals surface area (Å²) in [6, 6.07) is 6.96. The van der Waals surface area contributed by atoms with Crippen molar-refractivity contribution in [2.24, 2.45) is 7.05 Å². The highest BCUT2D eigenvalue weighted by Gasteiger charge is 2.39. The van der Waals surface area contributed by atoms with Crippen molar-refractivity contribution in [2.45, 2.75) is 39.2 Å². The van der Waals surface area contributed by atoms with E-state index in [-0.39, 0.29) is 11.9 Å². The van der Waals surface area contributed by atoms with Gasteiger partial charge < -0.3 is 25.6 Å².